The summed E-state index contributed by atoms with van der Waals surface area (Å²) in [5, 5.41) is 0. The van der Waals surface area contributed by atoms with Crippen molar-refractivity contribution in [2.75, 3.05) is 33.4 Å². The number of hydrogen-bond acceptors (Lipinski definition) is 5. The van der Waals surface area contributed by atoms with Gasteiger partial charge in [0.15, 0.2) is 11.5 Å². The Balaban J connectivity index is 2.32. The Morgan fingerprint density at radius 2 is 1.97 bits per heavy atom. The van der Waals surface area contributed by atoms with E-state index in [-0.39, 0.29) is 25.4 Å². The van der Waals surface area contributed by atoms with Crippen LogP contribution in [0, 0.1) is 12.3 Å². The second kappa shape index (κ2) is 11.4. The van der Waals surface area contributed by atoms with Gasteiger partial charge in [-0.25, -0.2) is 0 Å². The molecule has 2 rings (SSSR count). The lowest BCUT2D eigenvalue weighted by atomic mass is 9.90. The van der Waals surface area contributed by atoms with E-state index in [0.29, 0.717) is 37.4 Å². The van der Waals surface area contributed by atoms with E-state index < -0.39 is 17.4 Å². The summed E-state index contributed by atoms with van der Waals surface area (Å²) in [5.41, 5.74) is 1.58. The molecule has 7 nitrogen and oxygen atoms in total. The van der Waals surface area contributed by atoms with Crippen LogP contribution in [0.5, 0.6) is 11.5 Å². The molecule has 1 aliphatic rings. The normalized spacial score (nSPS) is 15.6. The van der Waals surface area contributed by atoms with E-state index >= 15 is 0 Å². The van der Waals surface area contributed by atoms with Gasteiger partial charge in [-0.1, -0.05) is 12.8 Å². The Morgan fingerprint density at radius 1 is 1.27 bits per heavy atom. The minimum absolute atomic E-state index is 0.0167. The number of benzene rings is 1. The molecule has 1 aromatic rings. The van der Waals surface area contributed by atoms with Gasteiger partial charge in [0.25, 0.3) is 0 Å². The first kappa shape index (κ1) is 26.5. The zero-order valence-electron chi connectivity index (χ0n) is 21.1. The SMILES string of the molecule is C#CCOCCN(C(=O)C(=O)N1CCc2cc(OC)c(OC(C)C)cc2C1CC)C(C)(C)C. The number of carbonyl (C=O) groups is 2. The molecule has 7 heteroatoms. The van der Waals surface area contributed by atoms with E-state index in [1.54, 1.807) is 16.9 Å². The van der Waals surface area contributed by atoms with Crippen LogP contribution in [-0.2, 0) is 20.7 Å². The number of amides is 2. The molecule has 1 aromatic carbocycles. The Morgan fingerprint density at radius 3 is 2.52 bits per heavy atom. The molecule has 182 valence electrons. The van der Waals surface area contributed by atoms with E-state index in [9.17, 15) is 9.59 Å². The number of fused-ring (bicyclic) bond motifs is 1. The van der Waals surface area contributed by atoms with Crippen molar-refractivity contribution >= 4 is 11.8 Å². The van der Waals surface area contributed by atoms with Crippen molar-refractivity contribution in [3.63, 3.8) is 0 Å². The van der Waals surface area contributed by atoms with Gasteiger partial charge in [-0.05, 0) is 70.7 Å². The second-order valence-electron chi connectivity index (χ2n) is 9.43. The predicted molar refractivity (Wildman–Crippen MR) is 128 cm³/mol. The fraction of sp³-hybridized carbons (Fsp3) is 0.615. The minimum atomic E-state index is -0.534. The van der Waals surface area contributed by atoms with Gasteiger partial charge in [-0.15, -0.1) is 6.42 Å². The van der Waals surface area contributed by atoms with Crippen LogP contribution in [0.25, 0.3) is 0 Å². The van der Waals surface area contributed by atoms with Gasteiger partial charge in [0.1, 0.15) is 6.61 Å². The highest BCUT2D eigenvalue weighted by atomic mass is 16.5. The van der Waals surface area contributed by atoms with Gasteiger partial charge < -0.3 is 24.0 Å². The van der Waals surface area contributed by atoms with E-state index in [2.05, 4.69) is 5.92 Å². The highest BCUT2D eigenvalue weighted by Gasteiger charge is 2.38. The first-order chi connectivity index (χ1) is 15.5. The summed E-state index contributed by atoms with van der Waals surface area (Å²) in [6.45, 7) is 12.9. The molecule has 2 amide bonds. The quantitative estimate of drug-likeness (QED) is 0.338. The van der Waals surface area contributed by atoms with Crippen LogP contribution in [0.3, 0.4) is 0 Å². The van der Waals surface area contributed by atoms with Crippen LogP contribution in [0.1, 0.15) is 65.1 Å². The maximum atomic E-state index is 13.4. The summed E-state index contributed by atoms with van der Waals surface area (Å²) in [6.07, 6.45) is 6.54. The lowest BCUT2D eigenvalue weighted by Gasteiger charge is -2.40. The molecule has 0 radical (unpaired) electrons. The van der Waals surface area contributed by atoms with E-state index in [0.717, 1.165) is 11.1 Å². The average Bonchev–Trinajstić information content (AvgIpc) is 2.75. The van der Waals surface area contributed by atoms with Gasteiger partial charge >= 0.3 is 11.8 Å². The van der Waals surface area contributed by atoms with Crippen molar-refractivity contribution in [3.8, 4) is 23.8 Å². The third-order valence-electron chi connectivity index (χ3n) is 5.68. The Bertz CT molecular complexity index is 882. The molecule has 0 spiro atoms. The first-order valence-electron chi connectivity index (χ1n) is 11.6. The lowest BCUT2D eigenvalue weighted by Crippen LogP contribution is -2.55. The van der Waals surface area contributed by atoms with Crippen molar-refractivity contribution in [2.24, 2.45) is 0 Å². The molecule has 33 heavy (non-hydrogen) atoms. The van der Waals surface area contributed by atoms with Crippen molar-refractivity contribution in [1.29, 1.82) is 0 Å². The molecule has 0 saturated heterocycles. The third kappa shape index (κ3) is 6.42. The molecule has 1 unspecified atom stereocenters. The largest absolute Gasteiger partial charge is 0.493 e. The van der Waals surface area contributed by atoms with Crippen LogP contribution in [-0.4, -0.2) is 66.7 Å². The molecule has 1 aliphatic heterocycles. The summed E-state index contributed by atoms with van der Waals surface area (Å²) in [4.78, 5) is 30.0. The first-order valence-corrected chi connectivity index (χ1v) is 11.6. The Kier molecular flexibility index (Phi) is 9.18. The molecule has 1 heterocycles. The number of hydrogen-bond donors (Lipinski definition) is 0. The highest BCUT2D eigenvalue weighted by molar-refractivity contribution is 6.35. The van der Waals surface area contributed by atoms with Gasteiger partial charge in [0.2, 0.25) is 0 Å². The lowest BCUT2D eigenvalue weighted by molar-refractivity contribution is -0.157. The summed E-state index contributed by atoms with van der Waals surface area (Å²) < 4.78 is 16.8. The van der Waals surface area contributed by atoms with Crippen LogP contribution in [0.2, 0.25) is 0 Å². The zero-order valence-corrected chi connectivity index (χ0v) is 21.1. The van der Waals surface area contributed by atoms with Crippen molar-refractivity contribution in [1.82, 2.24) is 9.80 Å². The van der Waals surface area contributed by atoms with E-state index in [1.165, 1.54) is 0 Å². The number of carbonyl (C=O) groups excluding carboxylic acids is 2. The van der Waals surface area contributed by atoms with Crippen LogP contribution in [0.4, 0.5) is 0 Å². The maximum absolute atomic E-state index is 13.4. The molecule has 0 aliphatic carbocycles. The zero-order chi connectivity index (χ0) is 24.8. The summed E-state index contributed by atoms with van der Waals surface area (Å²) in [7, 11) is 1.62. The molecule has 0 bridgehead atoms. The van der Waals surface area contributed by atoms with Crippen LogP contribution in [0.15, 0.2) is 12.1 Å². The molecule has 0 fully saturated rings. The molecule has 0 saturated carbocycles. The summed E-state index contributed by atoms with van der Waals surface area (Å²) in [5.74, 6) is 2.71. The standard InChI is InChI=1S/C26H38N2O5/c1-9-14-32-15-13-28(26(5,6)7)25(30)24(29)27-12-11-19-16-22(31-8)23(33-18(3)4)17-20(19)21(27)10-2/h1,16-18,21H,10-15H2,2-8H3. The predicted octanol–water partition coefficient (Wildman–Crippen LogP) is 3.60. The van der Waals surface area contributed by atoms with Crippen molar-refractivity contribution < 1.29 is 23.8 Å². The van der Waals surface area contributed by atoms with E-state index in [4.69, 9.17) is 20.6 Å². The molecule has 1 atom stereocenters. The maximum Gasteiger partial charge on any atom is 0.312 e. The number of terminal acetylenes is 1. The minimum Gasteiger partial charge on any atom is -0.493 e. The second-order valence-corrected chi connectivity index (χ2v) is 9.43. The fourth-order valence-corrected chi connectivity index (χ4v) is 4.16. The smallest absolute Gasteiger partial charge is 0.312 e. The molecule has 0 aromatic heterocycles. The summed E-state index contributed by atoms with van der Waals surface area (Å²) in [6, 6.07) is 3.73. The van der Waals surface area contributed by atoms with Crippen molar-refractivity contribution in [2.45, 2.75) is 72.1 Å². The molecule has 0 N–H and O–H groups in total. The molecular formula is C26H38N2O5. The highest BCUT2D eigenvalue weighted by Crippen LogP contribution is 2.40. The summed E-state index contributed by atoms with van der Waals surface area (Å²) >= 11 is 0. The molecular weight excluding hydrogens is 420 g/mol. The van der Waals surface area contributed by atoms with Gasteiger partial charge in [-0.3, -0.25) is 9.59 Å². The van der Waals surface area contributed by atoms with Gasteiger partial charge in [0, 0.05) is 18.6 Å². The number of methoxy groups -OCH3 is 1. The number of rotatable bonds is 8. The van der Waals surface area contributed by atoms with Crippen LogP contribution >= 0.6 is 0 Å². The Labute approximate surface area is 198 Å². The van der Waals surface area contributed by atoms with Gasteiger partial charge in [0.05, 0.1) is 25.9 Å². The number of ether oxygens (including phenoxy) is 3. The average molecular weight is 459 g/mol. The fourth-order valence-electron chi connectivity index (χ4n) is 4.16. The van der Waals surface area contributed by atoms with Gasteiger partial charge in [-0.2, -0.15) is 0 Å². The topological polar surface area (TPSA) is 68.3 Å². The Hall–Kier alpha value is -2.72. The monoisotopic (exact) mass is 458 g/mol. The van der Waals surface area contributed by atoms with E-state index in [1.807, 2.05) is 53.7 Å². The van der Waals surface area contributed by atoms with Crippen LogP contribution < -0.4 is 9.47 Å². The third-order valence-corrected chi connectivity index (χ3v) is 5.68. The number of nitrogens with zero attached hydrogens (tertiary/aromatic N) is 2. The van der Waals surface area contributed by atoms with Crippen molar-refractivity contribution in [3.05, 3.63) is 23.3 Å².